The molecule has 1 aliphatic rings. The van der Waals surface area contributed by atoms with Crippen LogP contribution in [0.25, 0.3) is 0 Å². The molecule has 0 aromatic carbocycles. The molecule has 0 heterocycles. The first kappa shape index (κ1) is 11.1. The second-order valence-electron chi connectivity index (χ2n) is 3.17. The van der Waals surface area contributed by atoms with Crippen molar-refractivity contribution < 1.29 is 0 Å². The largest absolute Gasteiger partial charge is 0.398 e. The van der Waals surface area contributed by atoms with E-state index in [1.54, 1.807) is 12.2 Å². The quantitative estimate of drug-likeness (QED) is 0.534. The van der Waals surface area contributed by atoms with Gasteiger partial charge in [0, 0.05) is 16.8 Å². The van der Waals surface area contributed by atoms with Gasteiger partial charge in [-0.15, -0.1) is 0 Å². The molecule has 0 bridgehead atoms. The molecule has 0 atom stereocenters. The monoisotopic (exact) mass is 197 g/mol. The summed E-state index contributed by atoms with van der Waals surface area (Å²) < 4.78 is 0. The normalized spacial score (nSPS) is 15.6. The van der Waals surface area contributed by atoms with Gasteiger partial charge < -0.3 is 5.73 Å². The Hall–Kier alpha value is -1.94. The molecule has 15 heavy (non-hydrogen) atoms. The number of nitrogens with two attached hydrogens (primary N) is 1. The van der Waals surface area contributed by atoms with Crippen LogP contribution < -0.4 is 5.73 Å². The van der Waals surface area contributed by atoms with Crippen molar-refractivity contribution in [2.45, 2.75) is 12.8 Å². The van der Waals surface area contributed by atoms with E-state index in [2.05, 4.69) is 37.2 Å². The SMILES string of the molecule is C=C/C(N)=C(/C#CC1=CCCC=C1)C=C. The maximum Gasteiger partial charge on any atom is 0.0472 e. The first-order chi connectivity index (χ1) is 7.27. The highest BCUT2D eigenvalue weighted by molar-refractivity contribution is 5.50. The van der Waals surface area contributed by atoms with Crippen molar-refractivity contribution in [3.63, 3.8) is 0 Å². The predicted molar refractivity (Wildman–Crippen MR) is 65.8 cm³/mol. The van der Waals surface area contributed by atoms with Crippen LogP contribution in [0.4, 0.5) is 0 Å². The van der Waals surface area contributed by atoms with Crippen LogP contribution in [0.1, 0.15) is 12.8 Å². The maximum absolute atomic E-state index is 5.69. The fourth-order valence-electron chi connectivity index (χ4n) is 1.20. The van der Waals surface area contributed by atoms with Crippen LogP contribution in [0.3, 0.4) is 0 Å². The Bertz CT molecular complexity index is 408. The van der Waals surface area contributed by atoms with E-state index < -0.39 is 0 Å². The first-order valence-corrected chi connectivity index (χ1v) is 4.91. The topological polar surface area (TPSA) is 26.0 Å². The molecule has 0 aromatic rings. The summed E-state index contributed by atoms with van der Waals surface area (Å²) in [6.07, 6.45) is 11.7. The number of hydrogen-bond acceptors (Lipinski definition) is 1. The number of allylic oxidation sites excluding steroid dienone is 7. The fraction of sp³-hybridized carbons (Fsp3) is 0.143. The van der Waals surface area contributed by atoms with Crippen molar-refractivity contribution in [3.8, 4) is 11.8 Å². The van der Waals surface area contributed by atoms with Crippen molar-refractivity contribution in [2.75, 3.05) is 0 Å². The maximum atomic E-state index is 5.69. The molecule has 0 saturated carbocycles. The molecule has 1 aliphatic carbocycles. The highest BCUT2D eigenvalue weighted by Crippen LogP contribution is 2.09. The Morgan fingerprint density at radius 3 is 2.67 bits per heavy atom. The molecule has 2 N–H and O–H groups in total. The van der Waals surface area contributed by atoms with Gasteiger partial charge in [0.1, 0.15) is 0 Å². The smallest absolute Gasteiger partial charge is 0.0472 e. The molecule has 0 aliphatic heterocycles. The molecular formula is C14H15N. The van der Waals surface area contributed by atoms with E-state index in [0.29, 0.717) is 5.70 Å². The summed E-state index contributed by atoms with van der Waals surface area (Å²) in [5.74, 6) is 6.04. The van der Waals surface area contributed by atoms with Gasteiger partial charge in [-0.1, -0.05) is 49.3 Å². The number of hydrogen-bond donors (Lipinski definition) is 1. The first-order valence-electron chi connectivity index (χ1n) is 4.91. The zero-order valence-corrected chi connectivity index (χ0v) is 8.79. The molecule has 76 valence electrons. The highest BCUT2D eigenvalue weighted by Gasteiger charge is 1.93. The van der Waals surface area contributed by atoms with Gasteiger partial charge in [-0.3, -0.25) is 0 Å². The lowest BCUT2D eigenvalue weighted by molar-refractivity contribution is 1.03. The minimum absolute atomic E-state index is 0.567. The van der Waals surface area contributed by atoms with E-state index >= 15 is 0 Å². The zero-order valence-electron chi connectivity index (χ0n) is 8.79. The van der Waals surface area contributed by atoms with E-state index in [1.807, 2.05) is 6.08 Å². The summed E-state index contributed by atoms with van der Waals surface area (Å²) in [6.45, 7) is 7.27. The molecule has 0 radical (unpaired) electrons. The molecule has 0 unspecified atom stereocenters. The Morgan fingerprint density at radius 1 is 1.33 bits per heavy atom. The Balaban J connectivity index is 2.88. The van der Waals surface area contributed by atoms with Crippen molar-refractivity contribution in [2.24, 2.45) is 5.73 Å². The minimum atomic E-state index is 0.567. The summed E-state index contributed by atoms with van der Waals surface area (Å²) >= 11 is 0. The lowest BCUT2D eigenvalue weighted by Crippen LogP contribution is -1.96. The average molecular weight is 197 g/mol. The summed E-state index contributed by atoms with van der Waals surface area (Å²) in [6, 6.07) is 0. The van der Waals surface area contributed by atoms with Crippen LogP contribution in [0.5, 0.6) is 0 Å². The Kier molecular flexibility index (Phi) is 4.25. The molecule has 0 spiro atoms. The van der Waals surface area contributed by atoms with Gasteiger partial charge in [-0.25, -0.2) is 0 Å². The fourth-order valence-corrected chi connectivity index (χ4v) is 1.20. The van der Waals surface area contributed by atoms with Gasteiger partial charge in [0.25, 0.3) is 0 Å². The lowest BCUT2D eigenvalue weighted by atomic mass is 10.1. The van der Waals surface area contributed by atoms with Gasteiger partial charge in [-0.05, 0) is 18.9 Å². The molecule has 1 rings (SSSR count). The number of rotatable bonds is 2. The molecule has 1 heteroatoms. The summed E-state index contributed by atoms with van der Waals surface area (Å²) in [7, 11) is 0. The zero-order chi connectivity index (χ0) is 11.1. The van der Waals surface area contributed by atoms with Crippen molar-refractivity contribution in [3.05, 3.63) is 60.4 Å². The third kappa shape index (κ3) is 3.36. The van der Waals surface area contributed by atoms with E-state index in [1.165, 1.54) is 0 Å². The van der Waals surface area contributed by atoms with Crippen LogP contribution in [-0.2, 0) is 0 Å². The van der Waals surface area contributed by atoms with Crippen LogP contribution >= 0.6 is 0 Å². The van der Waals surface area contributed by atoms with E-state index in [0.717, 1.165) is 24.0 Å². The van der Waals surface area contributed by atoms with Crippen molar-refractivity contribution in [1.29, 1.82) is 0 Å². The van der Waals surface area contributed by atoms with Crippen LogP contribution in [0.15, 0.2) is 60.4 Å². The van der Waals surface area contributed by atoms with Gasteiger partial charge in [0.15, 0.2) is 0 Å². The summed E-state index contributed by atoms with van der Waals surface area (Å²) in [5.41, 5.74) is 8.03. The van der Waals surface area contributed by atoms with Gasteiger partial charge in [0.2, 0.25) is 0 Å². The molecule has 0 saturated heterocycles. The van der Waals surface area contributed by atoms with Crippen molar-refractivity contribution >= 4 is 0 Å². The highest BCUT2D eigenvalue weighted by atomic mass is 14.6. The molecule has 0 amide bonds. The lowest BCUT2D eigenvalue weighted by Gasteiger charge is -1.98. The second-order valence-corrected chi connectivity index (χ2v) is 3.17. The Morgan fingerprint density at radius 2 is 2.13 bits per heavy atom. The van der Waals surface area contributed by atoms with Crippen LogP contribution in [0, 0.1) is 11.8 Å². The average Bonchev–Trinajstić information content (AvgIpc) is 2.31. The molecule has 0 fully saturated rings. The van der Waals surface area contributed by atoms with Crippen LogP contribution in [-0.4, -0.2) is 0 Å². The van der Waals surface area contributed by atoms with Gasteiger partial charge in [-0.2, -0.15) is 0 Å². The van der Waals surface area contributed by atoms with Gasteiger partial charge in [0.05, 0.1) is 0 Å². The third-order valence-electron chi connectivity index (χ3n) is 2.07. The summed E-state index contributed by atoms with van der Waals surface area (Å²) in [4.78, 5) is 0. The van der Waals surface area contributed by atoms with Gasteiger partial charge >= 0.3 is 0 Å². The van der Waals surface area contributed by atoms with E-state index in [9.17, 15) is 0 Å². The summed E-state index contributed by atoms with van der Waals surface area (Å²) in [5, 5.41) is 0. The van der Waals surface area contributed by atoms with Crippen LogP contribution in [0.2, 0.25) is 0 Å². The standard InChI is InChI=1S/C14H15N/c1-3-13(14(15)4-2)11-10-12-8-6-5-7-9-12/h3-4,6,8-9H,1-2,5,7,15H2/b14-13-. The minimum Gasteiger partial charge on any atom is -0.398 e. The molecule has 0 aromatic heterocycles. The molecular weight excluding hydrogens is 182 g/mol. The predicted octanol–water partition coefficient (Wildman–Crippen LogP) is 2.85. The Labute approximate surface area is 91.4 Å². The van der Waals surface area contributed by atoms with E-state index in [4.69, 9.17) is 5.73 Å². The third-order valence-corrected chi connectivity index (χ3v) is 2.07. The van der Waals surface area contributed by atoms with Crippen molar-refractivity contribution in [1.82, 2.24) is 0 Å². The molecule has 1 nitrogen and oxygen atoms in total. The van der Waals surface area contributed by atoms with E-state index in [-0.39, 0.29) is 0 Å². The second kappa shape index (κ2) is 5.72.